The average Bonchev–Trinajstić information content (AvgIpc) is 2.51. The van der Waals surface area contributed by atoms with E-state index in [0.29, 0.717) is 0 Å². The molecule has 2 heterocycles. The number of aliphatic imine (C=N–C) groups is 1. The quantitative estimate of drug-likeness (QED) is 0.576. The molecule has 122 valence electrons. The Morgan fingerprint density at radius 2 is 1.88 bits per heavy atom. The minimum Gasteiger partial charge on any atom is -0.466 e. The molecule has 24 heavy (non-hydrogen) atoms. The van der Waals surface area contributed by atoms with Crippen molar-refractivity contribution >= 4 is 13.8 Å². The molecular weight excluding hydrogens is 312 g/mol. The number of nitrogens with zero attached hydrogens (tertiary/aromatic N) is 2. The van der Waals surface area contributed by atoms with Crippen molar-refractivity contribution in [2.75, 3.05) is 0 Å². The third kappa shape index (κ3) is 3.74. The molecular formula is C20H22N2OSi. The second kappa shape index (κ2) is 5.92. The van der Waals surface area contributed by atoms with Gasteiger partial charge in [0.1, 0.15) is 13.8 Å². The van der Waals surface area contributed by atoms with Gasteiger partial charge in [0, 0.05) is 17.3 Å². The second-order valence-corrected chi connectivity index (χ2v) is 12.2. The standard InChI is InChI=1S/C20H22N2OSi/c1-20(2)22-19(17-8-6-7-12-21-17)16-14-15(9-10-18(16)23-20)11-13-24(3,4)5/h6-10,12,14H,1-5H3. The van der Waals surface area contributed by atoms with Crippen molar-refractivity contribution in [3.8, 4) is 17.2 Å². The van der Waals surface area contributed by atoms with E-state index in [9.17, 15) is 0 Å². The molecule has 1 aromatic heterocycles. The first kappa shape index (κ1) is 16.5. The van der Waals surface area contributed by atoms with Crippen molar-refractivity contribution in [1.29, 1.82) is 0 Å². The molecule has 0 saturated heterocycles. The molecule has 0 aliphatic carbocycles. The summed E-state index contributed by atoms with van der Waals surface area (Å²) in [5.41, 5.74) is 6.46. The van der Waals surface area contributed by atoms with E-state index in [4.69, 9.17) is 9.73 Å². The van der Waals surface area contributed by atoms with Crippen LogP contribution in [0.4, 0.5) is 0 Å². The van der Waals surface area contributed by atoms with Crippen LogP contribution in [0.2, 0.25) is 19.6 Å². The van der Waals surface area contributed by atoms with Crippen LogP contribution in [0, 0.1) is 11.5 Å². The topological polar surface area (TPSA) is 34.5 Å². The summed E-state index contributed by atoms with van der Waals surface area (Å²) in [5, 5.41) is 0. The summed E-state index contributed by atoms with van der Waals surface area (Å²) in [6.45, 7) is 10.6. The van der Waals surface area contributed by atoms with E-state index in [0.717, 1.165) is 28.3 Å². The molecule has 0 N–H and O–H groups in total. The molecule has 3 nitrogen and oxygen atoms in total. The van der Waals surface area contributed by atoms with Gasteiger partial charge in [0.15, 0.2) is 5.72 Å². The molecule has 0 atom stereocenters. The van der Waals surface area contributed by atoms with Crippen LogP contribution in [0.5, 0.6) is 5.75 Å². The summed E-state index contributed by atoms with van der Waals surface area (Å²) in [4.78, 5) is 9.23. The maximum Gasteiger partial charge on any atom is 0.195 e. The molecule has 0 spiro atoms. The van der Waals surface area contributed by atoms with Gasteiger partial charge in [0.05, 0.1) is 11.4 Å². The van der Waals surface area contributed by atoms with Crippen molar-refractivity contribution in [3.63, 3.8) is 0 Å². The number of pyridine rings is 1. The smallest absolute Gasteiger partial charge is 0.195 e. The Morgan fingerprint density at radius 3 is 2.54 bits per heavy atom. The van der Waals surface area contributed by atoms with E-state index >= 15 is 0 Å². The second-order valence-electron chi connectivity index (χ2n) is 7.44. The van der Waals surface area contributed by atoms with Crippen LogP contribution in [0.1, 0.15) is 30.7 Å². The maximum absolute atomic E-state index is 6.02. The summed E-state index contributed by atoms with van der Waals surface area (Å²) >= 11 is 0. The molecule has 4 heteroatoms. The lowest BCUT2D eigenvalue weighted by atomic mass is 10.0. The van der Waals surface area contributed by atoms with Crippen LogP contribution in [0.25, 0.3) is 0 Å². The van der Waals surface area contributed by atoms with Gasteiger partial charge >= 0.3 is 0 Å². The van der Waals surface area contributed by atoms with E-state index in [1.807, 2.05) is 44.2 Å². The molecule has 0 bridgehead atoms. The van der Waals surface area contributed by atoms with Gasteiger partial charge in [-0.15, -0.1) is 5.54 Å². The fourth-order valence-electron chi connectivity index (χ4n) is 2.46. The van der Waals surface area contributed by atoms with E-state index < -0.39 is 13.8 Å². The number of ether oxygens (including phenoxy) is 1. The monoisotopic (exact) mass is 334 g/mol. The Morgan fingerprint density at radius 1 is 1.08 bits per heavy atom. The average molecular weight is 334 g/mol. The molecule has 3 rings (SSSR count). The predicted octanol–water partition coefficient (Wildman–Crippen LogP) is 4.28. The molecule has 1 aromatic carbocycles. The highest BCUT2D eigenvalue weighted by molar-refractivity contribution is 6.83. The first-order chi connectivity index (χ1) is 11.2. The molecule has 0 unspecified atom stereocenters. The third-order valence-corrected chi connectivity index (χ3v) is 4.34. The number of fused-ring (bicyclic) bond motifs is 1. The van der Waals surface area contributed by atoms with E-state index in [-0.39, 0.29) is 0 Å². The first-order valence-electron chi connectivity index (χ1n) is 8.11. The maximum atomic E-state index is 6.02. The zero-order chi connectivity index (χ0) is 17.4. The number of hydrogen-bond donors (Lipinski definition) is 0. The first-order valence-corrected chi connectivity index (χ1v) is 11.6. The summed E-state index contributed by atoms with van der Waals surface area (Å²) in [6.07, 6.45) is 1.79. The zero-order valence-electron chi connectivity index (χ0n) is 14.8. The van der Waals surface area contributed by atoms with E-state index in [1.54, 1.807) is 6.20 Å². The molecule has 0 fully saturated rings. The highest BCUT2D eigenvalue weighted by atomic mass is 28.3. The molecule has 1 aliphatic rings. The minimum atomic E-state index is -1.41. The predicted molar refractivity (Wildman–Crippen MR) is 101 cm³/mol. The van der Waals surface area contributed by atoms with Gasteiger partial charge in [-0.05, 0) is 44.2 Å². The number of benzene rings is 1. The normalized spacial score (nSPS) is 15.5. The Hall–Kier alpha value is -2.38. The van der Waals surface area contributed by atoms with Gasteiger partial charge in [0.25, 0.3) is 0 Å². The van der Waals surface area contributed by atoms with Crippen LogP contribution in [0.15, 0.2) is 47.6 Å². The van der Waals surface area contributed by atoms with Gasteiger partial charge in [0.2, 0.25) is 0 Å². The number of aromatic nitrogens is 1. The van der Waals surface area contributed by atoms with Crippen molar-refractivity contribution in [3.05, 3.63) is 59.4 Å². The largest absolute Gasteiger partial charge is 0.466 e. The van der Waals surface area contributed by atoms with Crippen LogP contribution in [0.3, 0.4) is 0 Å². The van der Waals surface area contributed by atoms with Crippen LogP contribution < -0.4 is 4.74 Å². The lowest BCUT2D eigenvalue weighted by Gasteiger charge is -2.30. The van der Waals surface area contributed by atoms with Crippen molar-refractivity contribution < 1.29 is 4.74 Å². The highest BCUT2D eigenvalue weighted by Crippen LogP contribution is 2.32. The van der Waals surface area contributed by atoms with Crippen molar-refractivity contribution in [2.24, 2.45) is 4.99 Å². The lowest BCUT2D eigenvalue weighted by Crippen LogP contribution is -2.32. The van der Waals surface area contributed by atoms with E-state index in [1.165, 1.54) is 0 Å². The Labute approximate surface area is 144 Å². The van der Waals surface area contributed by atoms with Gasteiger partial charge in [-0.25, -0.2) is 4.99 Å². The van der Waals surface area contributed by atoms with Crippen LogP contribution in [-0.4, -0.2) is 24.5 Å². The van der Waals surface area contributed by atoms with Gasteiger partial charge in [-0.1, -0.05) is 31.6 Å². The van der Waals surface area contributed by atoms with Crippen LogP contribution >= 0.6 is 0 Å². The molecule has 2 aromatic rings. The lowest BCUT2D eigenvalue weighted by molar-refractivity contribution is 0.115. The molecule has 0 amide bonds. The summed E-state index contributed by atoms with van der Waals surface area (Å²) in [5.74, 6) is 4.14. The minimum absolute atomic E-state index is 0.606. The van der Waals surface area contributed by atoms with Gasteiger partial charge in [-0.2, -0.15) is 0 Å². The molecule has 0 radical (unpaired) electrons. The van der Waals surface area contributed by atoms with Gasteiger partial charge in [-0.3, -0.25) is 4.98 Å². The van der Waals surface area contributed by atoms with Crippen LogP contribution in [-0.2, 0) is 0 Å². The number of rotatable bonds is 1. The SMILES string of the molecule is CC1(C)N=C(c2ccccn2)c2cc(C#C[Si](C)(C)C)ccc2O1. The Kier molecular flexibility index (Phi) is 4.06. The fraction of sp³-hybridized carbons (Fsp3) is 0.300. The third-order valence-electron chi connectivity index (χ3n) is 3.46. The van der Waals surface area contributed by atoms with E-state index in [2.05, 4.69) is 42.2 Å². The summed E-state index contributed by atoms with van der Waals surface area (Å²) < 4.78 is 6.02. The molecule has 0 saturated carbocycles. The Bertz CT molecular complexity index is 853. The van der Waals surface area contributed by atoms with Gasteiger partial charge < -0.3 is 4.74 Å². The Balaban J connectivity index is 2.11. The zero-order valence-corrected chi connectivity index (χ0v) is 15.8. The van der Waals surface area contributed by atoms with Crippen molar-refractivity contribution in [2.45, 2.75) is 39.2 Å². The molecule has 1 aliphatic heterocycles. The highest BCUT2D eigenvalue weighted by Gasteiger charge is 2.29. The summed E-state index contributed by atoms with van der Waals surface area (Å²) in [6, 6.07) is 11.9. The van der Waals surface area contributed by atoms with Crippen molar-refractivity contribution in [1.82, 2.24) is 4.98 Å². The number of hydrogen-bond acceptors (Lipinski definition) is 3. The summed E-state index contributed by atoms with van der Waals surface area (Å²) in [7, 11) is -1.41. The fourth-order valence-corrected chi connectivity index (χ4v) is 2.98.